The number of aromatic nitrogens is 2. The predicted molar refractivity (Wildman–Crippen MR) is 80.0 cm³/mol. The third-order valence-corrected chi connectivity index (χ3v) is 3.57. The second-order valence-electron chi connectivity index (χ2n) is 5.04. The van der Waals surface area contributed by atoms with Gasteiger partial charge in [-0.15, -0.1) is 12.4 Å². The molecule has 1 atom stereocenters. The number of benzene rings is 1. The molecule has 1 aromatic heterocycles. The van der Waals surface area contributed by atoms with E-state index in [1.165, 1.54) is 18.4 Å². The van der Waals surface area contributed by atoms with E-state index in [1.807, 2.05) is 6.07 Å². The van der Waals surface area contributed by atoms with Crippen molar-refractivity contribution in [2.75, 3.05) is 6.54 Å². The summed E-state index contributed by atoms with van der Waals surface area (Å²) in [6.07, 6.45) is 5.36. The van der Waals surface area contributed by atoms with Crippen LogP contribution < -0.4 is 5.32 Å². The highest BCUT2D eigenvalue weighted by Crippen LogP contribution is 2.21. The summed E-state index contributed by atoms with van der Waals surface area (Å²) in [5, 5.41) is 7.51. The van der Waals surface area contributed by atoms with Crippen LogP contribution >= 0.6 is 12.4 Å². The second kappa shape index (κ2) is 7.41. The molecule has 1 aliphatic heterocycles. The quantitative estimate of drug-likeness (QED) is 0.941. The highest BCUT2D eigenvalue weighted by Gasteiger charge is 2.20. The Bertz CT molecular complexity index is 509. The van der Waals surface area contributed by atoms with Gasteiger partial charge in [0.15, 0.2) is 5.82 Å². The van der Waals surface area contributed by atoms with Crippen LogP contribution in [-0.2, 0) is 12.8 Å². The largest absolute Gasteiger partial charge is 0.338 e. The van der Waals surface area contributed by atoms with Gasteiger partial charge in [0.25, 0.3) is 0 Å². The molecule has 5 heteroatoms. The first-order valence-electron chi connectivity index (χ1n) is 7.01. The Hall–Kier alpha value is -1.39. The number of nitrogens with one attached hydrogen (secondary N) is 1. The van der Waals surface area contributed by atoms with E-state index in [4.69, 9.17) is 4.52 Å². The minimum atomic E-state index is 0. The monoisotopic (exact) mass is 293 g/mol. The van der Waals surface area contributed by atoms with Gasteiger partial charge in [-0.3, -0.25) is 0 Å². The molecule has 1 saturated heterocycles. The molecule has 0 amide bonds. The summed E-state index contributed by atoms with van der Waals surface area (Å²) >= 11 is 0. The maximum atomic E-state index is 5.37. The smallest absolute Gasteiger partial charge is 0.243 e. The van der Waals surface area contributed by atoms with Crippen molar-refractivity contribution in [2.45, 2.75) is 38.1 Å². The van der Waals surface area contributed by atoms with Crippen molar-refractivity contribution >= 4 is 12.4 Å². The number of rotatable bonds is 4. The summed E-state index contributed by atoms with van der Waals surface area (Å²) in [5.41, 5.74) is 1.31. The Morgan fingerprint density at radius 3 is 2.75 bits per heavy atom. The predicted octanol–water partition coefficient (Wildman–Crippen LogP) is 3.09. The van der Waals surface area contributed by atoms with Crippen molar-refractivity contribution in [1.82, 2.24) is 15.5 Å². The number of nitrogens with zero attached hydrogens (tertiary/aromatic N) is 2. The van der Waals surface area contributed by atoms with Gasteiger partial charge in [-0.2, -0.15) is 4.98 Å². The lowest BCUT2D eigenvalue weighted by atomic mass is 10.1. The number of aryl methyl sites for hydroxylation is 2. The zero-order chi connectivity index (χ0) is 12.9. The van der Waals surface area contributed by atoms with E-state index >= 15 is 0 Å². The third kappa shape index (κ3) is 3.81. The maximum absolute atomic E-state index is 5.37. The second-order valence-corrected chi connectivity index (χ2v) is 5.04. The summed E-state index contributed by atoms with van der Waals surface area (Å²) in [5.74, 6) is 1.56. The van der Waals surface area contributed by atoms with Crippen LogP contribution in [-0.4, -0.2) is 16.7 Å². The first-order chi connectivity index (χ1) is 9.42. The number of hydrogen-bond acceptors (Lipinski definition) is 4. The van der Waals surface area contributed by atoms with Crippen LogP contribution in [0.25, 0.3) is 0 Å². The molecular formula is C15H20ClN3O. The van der Waals surface area contributed by atoms with E-state index in [2.05, 4.69) is 39.7 Å². The molecule has 1 N–H and O–H groups in total. The molecule has 108 valence electrons. The Morgan fingerprint density at radius 2 is 2.00 bits per heavy atom. The van der Waals surface area contributed by atoms with Crippen molar-refractivity contribution in [3.05, 3.63) is 47.6 Å². The standard InChI is InChI=1S/C15H19N3O.ClH/c1-2-6-12(7-3-1)9-10-14-17-15(19-18-14)13-8-4-5-11-16-13;/h1-3,6-7,13,16H,4-5,8-11H2;1H. The molecule has 20 heavy (non-hydrogen) atoms. The molecule has 0 aliphatic carbocycles. The third-order valence-electron chi connectivity index (χ3n) is 3.57. The van der Waals surface area contributed by atoms with Crippen LogP contribution in [0.15, 0.2) is 34.9 Å². The van der Waals surface area contributed by atoms with Crippen LogP contribution in [0.4, 0.5) is 0 Å². The lowest BCUT2D eigenvalue weighted by Crippen LogP contribution is -2.27. The first-order valence-corrected chi connectivity index (χ1v) is 7.01. The molecule has 1 unspecified atom stereocenters. The minimum absolute atomic E-state index is 0. The molecule has 2 aromatic rings. The van der Waals surface area contributed by atoms with E-state index in [9.17, 15) is 0 Å². The SMILES string of the molecule is Cl.c1ccc(CCc2noc(C3CCCCN3)n2)cc1. The zero-order valence-corrected chi connectivity index (χ0v) is 12.2. The van der Waals surface area contributed by atoms with Crippen LogP contribution in [0.1, 0.15) is 42.6 Å². The van der Waals surface area contributed by atoms with Crippen molar-refractivity contribution in [3.63, 3.8) is 0 Å². The minimum Gasteiger partial charge on any atom is -0.338 e. The van der Waals surface area contributed by atoms with Crippen molar-refractivity contribution < 1.29 is 4.52 Å². The highest BCUT2D eigenvalue weighted by atomic mass is 35.5. The van der Waals surface area contributed by atoms with Crippen molar-refractivity contribution in [3.8, 4) is 0 Å². The van der Waals surface area contributed by atoms with Crippen LogP contribution in [0.3, 0.4) is 0 Å². The Morgan fingerprint density at radius 1 is 1.15 bits per heavy atom. The number of hydrogen-bond donors (Lipinski definition) is 1. The fourth-order valence-corrected chi connectivity index (χ4v) is 2.47. The molecule has 0 bridgehead atoms. The highest BCUT2D eigenvalue weighted by molar-refractivity contribution is 5.85. The molecule has 1 aliphatic rings. The lowest BCUT2D eigenvalue weighted by Gasteiger charge is -2.19. The molecule has 0 spiro atoms. The Kier molecular flexibility index (Phi) is 5.56. The normalized spacial score (nSPS) is 18.5. The molecular weight excluding hydrogens is 274 g/mol. The molecule has 4 nitrogen and oxygen atoms in total. The van der Waals surface area contributed by atoms with Gasteiger partial charge >= 0.3 is 0 Å². The molecule has 0 saturated carbocycles. The van der Waals surface area contributed by atoms with Gasteiger partial charge in [0.05, 0.1) is 6.04 Å². The molecule has 0 radical (unpaired) electrons. The van der Waals surface area contributed by atoms with Gasteiger partial charge in [0, 0.05) is 6.42 Å². The topological polar surface area (TPSA) is 51.0 Å². The van der Waals surface area contributed by atoms with E-state index in [0.29, 0.717) is 0 Å². The molecule has 3 rings (SSSR count). The average molecular weight is 294 g/mol. The fraction of sp³-hybridized carbons (Fsp3) is 0.467. The molecule has 1 aromatic carbocycles. The summed E-state index contributed by atoms with van der Waals surface area (Å²) in [4.78, 5) is 4.51. The molecule has 2 heterocycles. The van der Waals surface area contributed by atoms with Crippen LogP contribution in [0, 0.1) is 0 Å². The number of piperidine rings is 1. The average Bonchev–Trinajstić information content (AvgIpc) is 2.96. The molecule has 1 fully saturated rings. The summed E-state index contributed by atoms with van der Waals surface area (Å²) in [6.45, 7) is 1.05. The van der Waals surface area contributed by atoms with Gasteiger partial charge in [-0.1, -0.05) is 41.9 Å². The lowest BCUT2D eigenvalue weighted by molar-refractivity contribution is 0.296. The van der Waals surface area contributed by atoms with Crippen LogP contribution in [0.5, 0.6) is 0 Å². The van der Waals surface area contributed by atoms with Gasteiger partial charge in [-0.05, 0) is 31.4 Å². The van der Waals surface area contributed by atoms with E-state index < -0.39 is 0 Å². The Balaban J connectivity index is 0.00000147. The first kappa shape index (κ1) is 15.0. The van der Waals surface area contributed by atoms with Crippen molar-refractivity contribution in [2.24, 2.45) is 0 Å². The summed E-state index contributed by atoms with van der Waals surface area (Å²) < 4.78 is 5.37. The van der Waals surface area contributed by atoms with Gasteiger partial charge in [0.2, 0.25) is 5.89 Å². The van der Waals surface area contributed by atoms with Crippen LogP contribution in [0.2, 0.25) is 0 Å². The maximum Gasteiger partial charge on any atom is 0.243 e. The Labute approximate surface area is 125 Å². The van der Waals surface area contributed by atoms with E-state index in [1.54, 1.807) is 0 Å². The van der Waals surface area contributed by atoms with E-state index in [0.717, 1.165) is 37.5 Å². The summed E-state index contributed by atoms with van der Waals surface area (Å²) in [6, 6.07) is 10.7. The van der Waals surface area contributed by atoms with Crippen molar-refractivity contribution in [1.29, 1.82) is 0 Å². The van der Waals surface area contributed by atoms with Gasteiger partial charge < -0.3 is 9.84 Å². The zero-order valence-electron chi connectivity index (χ0n) is 11.4. The summed E-state index contributed by atoms with van der Waals surface area (Å²) in [7, 11) is 0. The van der Waals surface area contributed by atoms with Gasteiger partial charge in [0.1, 0.15) is 0 Å². The van der Waals surface area contributed by atoms with E-state index in [-0.39, 0.29) is 18.4 Å². The number of halogens is 1. The van der Waals surface area contributed by atoms with Gasteiger partial charge in [-0.25, -0.2) is 0 Å². The fourth-order valence-electron chi connectivity index (χ4n) is 2.47.